The van der Waals surface area contributed by atoms with E-state index in [0.29, 0.717) is 21.9 Å². The fourth-order valence-electron chi connectivity index (χ4n) is 9.05. The van der Waals surface area contributed by atoms with Crippen LogP contribution in [0.5, 0.6) is 11.5 Å². The summed E-state index contributed by atoms with van der Waals surface area (Å²) >= 11 is 0. The summed E-state index contributed by atoms with van der Waals surface area (Å²) in [4.78, 5) is 32.2. The second-order valence-corrected chi connectivity index (χ2v) is 21.9. The molecule has 0 aliphatic heterocycles. The summed E-state index contributed by atoms with van der Waals surface area (Å²) in [7, 11) is -2.01. The van der Waals surface area contributed by atoms with Gasteiger partial charge in [0.15, 0.2) is 0 Å². The first-order chi connectivity index (χ1) is 31.8. The van der Waals surface area contributed by atoms with Crippen LogP contribution in [0.2, 0.25) is 0 Å². The highest BCUT2D eigenvalue weighted by Gasteiger charge is 2.32. The van der Waals surface area contributed by atoms with Crippen LogP contribution in [0.15, 0.2) is 182 Å². The molecule has 0 radical (unpaired) electrons. The molecule has 336 valence electrons. The van der Waals surface area contributed by atoms with Gasteiger partial charge in [0.1, 0.15) is 11.5 Å². The molecule has 0 spiro atoms. The van der Waals surface area contributed by atoms with Gasteiger partial charge in [0.05, 0.1) is 11.1 Å². The summed E-state index contributed by atoms with van der Waals surface area (Å²) in [6.07, 6.45) is 0. The molecule has 0 fully saturated rings. The fraction of sp³-hybridized carbons (Fsp3) is 0.207. The molecular weight excluding hydrogens is 851 g/mol. The molecule has 0 unspecified atom stereocenters. The van der Waals surface area contributed by atoms with Crippen molar-refractivity contribution < 1.29 is 19.8 Å². The number of amides is 2. The molecule has 6 nitrogen and oxygen atoms in total. The zero-order chi connectivity index (χ0) is 47.1. The maximum atomic E-state index is 14.2. The molecule has 0 aliphatic carbocycles. The third-order valence-electron chi connectivity index (χ3n) is 11.7. The summed E-state index contributed by atoms with van der Waals surface area (Å²) < 4.78 is 0. The molecule has 2 amide bonds. The van der Waals surface area contributed by atoms with Gasteiger partial charge in [0.25, 0.3) is 11.8 Å². The van der Waals surface area contributed by atoms with E-state index < -0.39 is 15.8 Å². The van der Waals surface area contributed by atoms with Crippen molar-refractivity contribution in [1.29, 1.82) is 0 Å². The van der Waals surface area contributed by atoms with E-state index in [1.165, 1.54) is 21.2 Å². The molecule has 0 bridgehead atoms. The van der Waals surface area contributed by atoms with E-state index in [1.807, 2.05) is 174 Å². The molecule has 0 aromatic heterocycles. The number of nitrogens with zero attached hydrogens (tertiary/aromatic N) is 2. The van der Waals surface area contributed by atoms with Crippen LogP contribution in [0.25, 0.3) is 21.5 Å². The van der Waals surface area contributed by atoms with Crippen LogP contribution in [0.4, 0.5) is 0 Å². The van der Waals surface area contributed by atoms with Crippen LogP contribution in [0.1, 0.15) is 76.1 Å². The van der Waals surface area contributed by atoms with Gasteiger partial charge in [0.2, 0.25) is 0 Å². The molecule has 8 heteroatoms. The number of fused-ring (bicyclic) bond motifs is 2. The first-order valence-corrected chi connectivity index (χ1v) is 25.4. The molecule has 8 rings (SSSR count). The van der Waals surface area contributed by atoms with E-state index in [9.17, 15) is 19.8 Å². The average molecular weight is 911 g/mol. The first-order valence-electron chi connectivity index (χ1n) is 22.7. The number of phenols is 2. The number of carbonyl (C=O) groups excluding carboxylic acids is 2. The van der Waals surface area contributed by atoms with E-state index in [-0.39, 0.29) is 47.5 Å². The van der Waals surface area contributed by atoms with Crippen molar-refractivity contribution in [1.82, 2.24) is 9.80 Å². The fourth-order valence-corrected chi connectivity index (χ4v) is 14.0. The van der Waals surface area contributed by atoms with Crippen molar-refractivity contribution in [2.75, 3.05) is 0 Å². The number of hydrogen-bond donors (Lipinski definition) is 2. The van der Waals surface area contributed by atoms with Gasteiger partial charge in [0, 0.05) is 34.9 Å². The highest BCUT2D eigenvalue weighted by molar-refractivity contribution is 7.80. The molecule has 8 aromatic rings. The molecular formula is C58H60N2O4P2. The third-order valence-corrected chi connectivity index (χ3v) is 16.6. The highest BCUT2D eigenvalue weighted by atomic mass is 31.1. The topological polar surface area (TPSA) is 81.1 Å². The van der Waals surface area contributed by atoms with Crippen LogP contribution < -0.4 is 31.8 Å². The number of rotatable bonds is 12. The van der Waals surface area contributed by atoms with E-state index in [0.717, 1.165) is 21.4 Å². The number of carbonyl (C=O) groups is 2. The van der Waals surface area contributed by atoms with Gasteiger partial charge in [-0.15, -0.1) is 0 Å². The predicted molar refractivity (Wildman–Crippen MR) is 282 cm³/mol. The van der Waals surface area contributed by atoms with E-state index in [2.05, 4.69) is 60.7 Å². The van der Waals surface area contributed by atoms with Crippen molar-refractivity contribution in [3.8, 4) is 11.5 Å². The minimum Gasteiger partial charge on any atom is -0.507 e. The molecule has 8 aromatic carbocycles. The van der Waals surface area contributed by atoms with Crippen LogP contribution in [-0.4, -0.2) is 56.0 Å². The Morgan fingerprint density at radius 3 is 0.894 bits per heavy atom. The maximum Gasteiger partial charge on any atom is 0.255 e. The smallest absolute Gasteiger partial charge is 0.255 e. The highest BCUT2D eigenvalue weighted by Crippen LogP contribution is 2.41. The van der Waals surface area contributed by atoms with Crippen molar-refractivity contribution in [2.24, 2.45) is 0 Å². The standard InChI is InChI=1S/2C29H30NO2P/c2*1-20(2)30(21(3)4)29(32)28-26(19-18-22-12-11-17-25(31)27(22)28)33(23-13-7-5-8-14-23)24-15-9-6-10-16-24/h2*5-21,31H,1-4H3. The zero-order valence-corrected chi connectivity index (χ0v) is 40.9. The lowest BCUT2D eigenvalue weighted by atomic mass is 10.0. The summed E-state index contributed by atoms with van der Waals surface area (Å²) in [6, 6.07) is 60.7. The lowest BCUT2D eigenvalue weighted by Crippen LogP contribution is -2.44. The molecule has 0 aliphatic rings. The first kappa shape index (κ1) is 47.6. The van der Waals surface area contributed by atoms with Crippen molar-refractivity contribution >= 4 is 81.0 Å². The van der Waals surface area contributed by atoms with Gasteiger partial charge in [-0.2, -0.15) is 0 Å². The van der Waals surface area contributed by atoms with Gasteiger partial charge >= 0.3 is 0 Å². The van der Waals surface area contributed by atoms with Gasteiger partial charge in [-0.3, -0.25) is 9.59 Å². The Bertz CT molecular complexity index is 2610. The van der Waals surface area contributed by atoms with Gasteiger partial charge in [-0.05, 0) is 126 Å². The number of aromatic hydroxyl groups is 2. The minimum absolute atomic E-state index is 0.0335. The number of hydrogen-bond acceptors (Lipinski definition) is 4. The Morgan fingerprint density at radius 1 is 0.364 bits per heavy atom. The van der Waals surface area contributed by atoms with Crippen LogP contribution in [0.3, 0.4) is 0 Å². The quantitative estimate of drug-likeness (QED) is 0.120. The van der Waals surface area contributed by atoms with E-state index in [4.69, 9.17) is 0 Å². The van der Waals surface area contributed by atoms with Gasteiger partial charge in [-0.1, -0.05) is 170 Å². The predicted octanol–water partition coefficient (Wildman–Crippen LogP) is 11.1. The average Bonchev–Trinajstić information content (AvgIpc) is 3.30. The molecule has 0 heterocycles. The molecule has 0 saturated heterocycles. The maximum absolute atomic E-state index is 14.2. The van der Waals surface area contributed by atoms with Crippen LogP contribution in [0, 0.1) is 0 Å². The summed E-state index contributed by atoms with van der Waals surface area (Å²) in [6.45, 7) is 16.3. The van der Waals surface area contributed by atoms with Crippen molar-refractivity contribution in [3.63, 3.8) is 0 Å². The van der Waals surface area contributed by atoms with Crippen LogP contribution in [-0.2, 0) is 0 Å². The van der Waals surface area contributed by atoms with E-state index >= 15 is 0 Å². The largest absolute Gasteiger partial charge is 0.507 e. The molecule has 0 saturated carbocycles. The van der Waals surface area contributed by atoms with E-state index in [1.54, 1.807) is 12.1 Å². The van der Waals surface area contributed by atoms with Crippen molar-refractivity contribution in [3.05, 3.63) is 193 Å². The lowest BCUT2D eigenvalue weighted by Gasteiger charge is -2.33. The Balaban J connectivity index is 0.000000196. The summed E-state index contributed by atoms with van der Waals surface area (Å²) in [5.74, 6) is 0.199. The molecule has 66 heavy (non-hydrogen) atoms. The number of phenolic OH excluding ortho intramolecular Hbond substituents is 2. The zero-order valence-electron chi connectivity index (χ0n) is 39.1. The molecule has 0 atom stereocenters. The summed E-state index contributed by atoms with van der Waals surface area (Å²) in [5.41, 5.74) is 1.21. The second-order valence-electron chi connectivity index (χ2n) is 17.5. The minimum atomic E-state index is -1.01. The number of benzene rings is 8. The Hall–Kier alpha value is -6.32. The Kier molecular flexibility index (Phi) is 15.4. The van der Waals surface area contributed by atoms with Crippen LogP contribution >= 0.6 is 15.8 Å². The normalized spacial score (nSPS) is 11.5. The summed E-state index contributed by atoms with van der Waals surface area (Å²) in [5, 5.41) is 31.5. The molecule has 2 N–H and O–H groups in total. The second kappa shape index (κ2) is 21.3. The van der Waals surface area contributed by atoms with Crippen molar-refractivity contribution in [2.45, 2.75) is 79.6 Å². The monoisotopic (exact) mass is 910 g/mol. The van der Waals surface area contributed by atoms with Gasteiger partial charge < -0.3 is 20.0 Å². The Labute approximate surface area is 393 Å². The SMILES string of the molecule is CC(C)N(C(=O)c1c(P(c2ccccc2)c2ccccc2)ccc2cccc(O)c12)C(C)C.CC(C)N(C(=O)c1c(P(c2ccccc2)c2ccccc2)ccc2cccc(O)c12)C(C)C. The Morgan fingerprint density at radius 2 is 0.636 bits per heavy atom. The van der Waals surface area contributed by atoms with Gasteiger partial charge in [-0.25, -0.2) is 0 Å². The third kappa shape index (κ3) is 10.1. The lowest BCUT2D eigenvalue weighted by molar-refractivity contribution is 0.0637.